The molecule has 3 aromatic rings. The second-order valence-electron chi connectivity index (χ2n) is 6.57. The van der Waals surface area contributed by atoms with Crippen LogP contribution in [0.15, 0.2) is 54.6 Å². The molecule has 4 nitrogen and oxygen atoms in total. The molecule has 2 aromatic carbocycles. The third kappa shape index (κ3) is 3.75. The molecular formula is C22H20FN3O. The maximum absolute atomic E-state index is 13.2. The molecule has 1 aromatic heterocycles. The maximum atomic E-state index is 13.2. The largest absolute Gasteiger partial charge is 0.337 e. The SMILES string of the molecule is Cc1cc(C(=O)N(C)Cc2cccc(C#N)c2)c(C)n1-c1ccc(F)cc1. The van der Waals surface area contributed by atoms with Crippen molar-refractivity contribution < 1.29 is 9.18 Å². The lowest BCUT2D eigenvalue weighted by molar-refractivity contribution is 0.0784. The molecule has 0 spiro atoms. The number of benzene rings is 2. The van der Waals surface area contributed by atoms with E-state index in [2.05, 4.69) is 6.07 Å². The summed E-state index contributed by atoms with van der Waals surface area (Å²) in [6.07, 6.45) is 0. The fraction of sp³-hybridized carbons (Fsp3) is 0.182. The topological polar surface area (TPSA) is 49.0 Å². The highest BCUT2D eigenvalue weighted by molar-refractivity contribution is 5.95. The lowest BCUT2D eigenvalue weighted by Crippen LogP contribution is -2.26. The molecule has 0 radical (unpaired) electrons. The van der Waals surface area contributed by atoms with Gasteiger partial charge in [-0.3, -0.25) is 4.79 Å². The first kappa shape index (κ1) is 18.4. The molecule has 0 aliphatic rings. The normalized spacial score (nSPS) is 10.5. The van der Waals surface area contributed by atoms with Crippen molar-refractivity contribution in [3.8, 4) is 11.8 Å². The van der Waals surface area contributed by atoms with Gasteiger partial charge in [-0.15, -0.1) is 0 Å². The Morgan fingerprint density at radius 3 is 2.52 bits per heavy atom. The number of aryl methyl sites for hydroxylation is 1. The Kier molecular flexibility index (Phi) is 5.09. The zero-order chi connectivity index (χ0) is 19.6. The van der Waals surface area contributed by atoms with Crippen LogP contribution in [0.2, 0.25) is 0 Å². The third-order valence-electron chi connectivity index (χ3n) is 4.57. The number of aromatic nitrogens is 1. The molecule has 0 saturated heterocycles. The fourth-order valence-corrected chi connectivity index (χ4v) is 3.26. The van der Waals surface area contributed by atoms with Crippen LogP contribution in [0.25, 0.3) is 5.69 Å². The van der Waals surface area contributed by atoms with Crippen LogP contribution in [0, 0.1) is 31.0 Å². The molecule has 0 saturated carbocycles. The molecule has 1 heterocycles. The van der Waals surface area contributed by atoms with Crippen LogP contribution in [-0.4, -0.2) is 22.4 Å². The molecule has 0 atom stereocenters. The van der Waals surface area contributed by atoms with Crippen molar-refractivity contribution in [3.05, 3.63) is 88.5 Å². The van der Waals surface area contributed by atoms with Crippen molar-refractivity contribution in [2.75, 3.05) is 7.05 Å². The minimum absolute atomic E-state index is 0.0983. The van der Waals surface area contributed by atoms with E-state index in [1.165, 1.54) is 12.1 Å². The van der Waals surface area contributed by atoms with Gasteiger partial charge < -0.3 is 9.47 Å². The average molecular weight is 361 g/mol. The van der Waals surface area contributed by atoms with Gasteiger partial charge in [-0.2, -0.15) is 5.26 Å². The van der Waals surface area contributed by atoms with E-state index in [0.29, 0.717) is 17.7 Å². The van der Waals surface area contributed by atoms with Gasteiger partial charge in [-0.05, 0) is 61.9 Å². The summed E-state index contributed by atoms with van der Waals surface area (Å²) in [5.74, 6) is -0.393. The van der Waals surface area contributed by atoms with E-state index in [-0.39, 0.29) is 11.7 Å². The highest BCUT2D eigenvalue weighted by atomic mass is 19.1. The van der Waals surface area contributed by atoms with Crippen molar-refractivity contribution in [2.24, 2.45) is 0 Å². The van der Waals surface area contributed by atoms with Crippen LogP contribution in [0.1, 0.15) is 32.9 Å². The van der Waals surface area contributed by atoms with Crippen molar-refractivity contribution in [3.63, 3.8) is 0 Å². The molecule has 0 aliphatic heterocycles. The van der Waals surface area contributed by atoms with Crippen molar-refractivity contribution in [2.45, 2.75) is 20.4 Å². The maximum Gasteiger partial charge on any atom is 0.255 e. The molecule has 0 fully saturated rings. The summed E-state index contributed by atoms with van der Waals surface area (Å²) in [7, 11) is 1.74. The van der Waals surface area contributed by atoms with Gasteiger partial charge in [0, 0.05) is 30.7 Å². The lowest BCUT2D eigenvalue weighted by Gasteiger charge is -2.18. The van der Waals surface area contributed by atoms with E-state index in [0.717, 1.165) is 22.6 Å². The van der Waals surface area contributed by atoms with Gasteiger partial charge in [0.1, 0.15) is 5.82 Å². The summed E-state index contributed by atoms with van der Waals surface area (Å²) < 4.78 is 15.2. The molecular weight excluding hydrogens is 341 g/mol. The number of carbonyl (C=O) groups is 1. The van der Waals surface area contributed by atoms with Gasteiger partial charge in [0.05, 0.1) is 17.2 Å². The Balaban J connectivity index is 1.87. The number of nitriles is 1. The van der Waals surface area contributed by atoms with Gasteiger partial charge in [0.25, 0.3) is 5.91 Å². The predicted octanol–water partition coefficient (Wildman–Crippen LogP) is 4.38. The quantitative estimate of drug-likeness (QED) is 0.692. The van der Waals surface area contributed by atoms with Gasteiger partial charge in [0.2, 0.25) is 0 Å². The molecule has 0 bridgehead atoms. The number of amides is 1. The first-order valence-corrected chi connectivity index (χ1v) is 8.60. The van der Waals surface area contributed by atoms with Crippen LogP contribution < -0.4 is 0 Å². The van der Waals surface area contributed by atoms with Gasteiger partial charge >= 0.3 is 0 Å². The van der Waals surface area contributed by atoms with Gasteiger partial charge in [0.15, 0.2) is 0 Å². The molecule has 0 N–H and O–H groups in total. The highest BCUT2D eigenvalue weighted by Gasteiger charge is 2.20. The molecule has 3 rings (SSSR count). The summed E-state index contributed by atoms with van der Waals surface area (Å²) in [6.45, 7) is 4.21. The third-order valence-corrected chi connectivity index (χ3v) is 4.57. The predicted molar refractivity (Wildman–Crippen MR) is 102 cm³/mol. The molecule has 0 unspecified atom stereocenters. The van der Waals surface area contributed by atoms with Crippen molar-refractivity contribution in [1.82, 2.24) is 9.47 Å². The summed E-state index contributed by atoms with van der Waals surface area (Å²) >= 11 is 0. The van der Waals surface area contributed by atoms with E-state index < -0.39 is 0 Å². The molecule has 27 heavy (non-hydrogen) atoms. The van der Waals surface area contributed by atoms with Crippen LogP contribution in [0.5, 0.6) is 0 Å². The molecule has 1 amide bonds. The molecule has 0 aliphatic carbocycles. The summed E-state index contributed by atoms with van der Waals surface area (Å²) in [5, 5.41) is 9.02. The first-order chi connectivity index (χ1) is 12.9. The Labute approximate surface area is 158 Å². The fourth-order valence-electron chi connectivity index (χ4n) is 3.26. The molecule has 136 valence electrons. The Hall–Kier alpha value is -3.39. The second-order valence-corrected chi connectivity index (χ2v) is 6.57. The van der Waals surface area contributed by atoms with E-state index in [1.54, 1.807) is 36.2 Å². The number of hydrogen-bond donors (Lipinski definition) is 0. The van der Waals surface area contributed by atoms with E-state index in [9.17, 15) is 9.18 Å². The van der Waals surface area contributed by atoms with Crippen molar-refractivity contribution in [1.29, 1.82) is 5.26 Å². The number of rotatable bonds is 4. The van der Waals surface area contributed by atoms with Gasteiger partial charge in [-0.25, -0.2) is 4.39 Å². The Morgan fingerprint density at radius 2 is 1.85 bits per heavy atom. The van der Waals surface area contributed by atoms with Gasteiger partial charge in [-0.1, -0.05) is 12.1 Å². The smallest absolute Gasteiger partial charge is 0.255 e. The van der Waals surface area contributed by atoms with E-state index in [4.69, 9.17) is 5.26 Å². The number of carbonyl (C=O) groups excluding carboxylic acids is 1. The summed E-state index contributed by atoms with van der Waals surface area (Å²) in [4.78, 5) is 14.6. The van der Waals surface area contributed by atoms with Crippen LogP contribution in [-0.2, 0) is 6.54 Å². The van der Waals surface area contributed by atoms with Crippen LogP contribution >= 0.6 is 0 Å². The highest BCUT2D eigenvalue weighted by Crippen LogP contribution is 2.22. The zero-order valence-electron chi connectivity index (χ0n) is 15.5. The molecule has 5 heteroatoms. The minimum atomic E-state index is -0.295. The van der Waals surface area contributed by atoms with Crippen LogP contribution in [0.3, 0.4) is 0 Å². The van der Waals surface area contributed by atoms with Crippen LogP contribution in [0.4, 0.5) is 4.39 Å². The van der Waals surface area contributed by atoms with E-state index >= 15 is 0 Å². The Bertz CT molecular complexity index is 1030. The van der Waals surface area contributed by atoms with Crippen molar-refractivity contribution >= 4 is 5.91 Å². The average Bonchev–Trinajstić information content (AvgIpc) is 2.96. The number of hydrogen-bond acceptors (Lipinski definition) is 2. The number of nitrogens with zero attached hydrogens (tertiary/aromatic N) is 3. The second kappa shape index (κ2) is 7.46. The first-order valence-electron chi connectivity index (χ1n) is 8.60. The lowest BCUT2D eigenvalue weighted by atomic mass is 10.1. The summed E-state index contributed by atoms with van der Waals surface area (Å²) in [5.41, 5.74) is 4.61. The number of halogens is 1. The Morgan fingerprint density at radius 1 is 1.15 bits per heavy atom. The monoisotopic (exact) mass is 361 g/mol. The summed E-state index contributed by atoms with van der Waals surface area (Å²) in [6, 6.07) is 17.4. The zero-order valence-corrected chi connectivity index (χ0v) is 15.5. The standard InChI is InChI=1S/C22H20FN3O/c1-15-11-21(16(2)26(15)20-9-7-19(23)8-10-20)22(27)25(3)14-18-6-4-5-17(12-18)13-24/h4-12H,14H2,1-3H3. The van der Waals surface area contributed by atoms with E-state index in [1.807, 2.05) is 36.6 Å². The minimum Gasteiger partial charge on any atom is -0.337 e.